The molecule has 0 saturated carbocycles. The third-order valence-electron chi connectivity index (χ3n) is 1.35. The van der Waals surface area contributed by atoms with Crippen LogP contribution in [0.15, 0.2) is 0 Å². The molecule has 4 heteroatoms. The van der Waals surface area contributed by atoms with E-state index in [1.807, 2.05) is 12.5 Å². The average Bonchev–Trinajstić information content (AvgIpc) is 1.98. The Morgan fingerprint density at radius 3 is 2.27 bits per heavy atom. The minimum absolute atomic E-state index is 0.0440. The highest BCUT2D eigenvalue weighted by molar-refractivity contribution is 8.03. The van der Waals surface area contributed by atoms with Crippen LogP contribution in [-0.2, 0) is 4.79 Å². The van der Waals surface area contributed by atoms with Crippen LogP contribution in [0, 0.1) is 0 Å². The molecule has 0 aromatic rings. The van der Waals surface area contributed by atoms with E-state index in [4.69, 9.17) is 0 Å². The van der Waals surface area contributed by atoms with Gasteiger partial charge in [-0.15, -0.1) is 11.8 Å². The normalized spacial score (nSPS) is 16.0. The van der Waals surface area contributed by atoms with Gasteiger partial charge in [-0.3, -0.25) is 4.79 Å². The maximum absolute atomic E-state index is 10.7. The molecule has 0 spiro atoms. The largest absolute Gasteiger partial charge is 0.381 e. The molecule has 0 radical (unpaired) electrons. The monoisotopic (exact) mass is 194 g/mol. The first-order valence-corrected chi connectivity index (χ1v) is 5.92. The van der Waals surface area contributed by atoms with Crippen LogP contribution in [-0.4, -0.2) is 34.1 Å². The fourth-order valence-electron chi connectivity index (χ4n) is 0.736. The van der Waals surface area contributed by atoms with Gasteiger partial charge in [0.25, 0.3) is 0 Å². The number of carbonyl (C=O) groups excluding carboxylic acids is 1. The summed E-state index contributed by atoms with van der Waals surface area (Å²) in [7, 11) is 0. The summed E-state index contributed by atoms with van der Waals surface area (Å²) < 4.78 is 0. The lowest BCUT2D eigenvalue weighted by Crippen LogP contribution is -2.21. The summed E-state index contributed by atoms with van der Waals surface area (Å²) in [4.78, 5) is 10.7. The predicted octanol–water partition coefficient (Wildman–Crippen LogP) is 1.38. The second kappa shape index (κ2) is 5.91. The van der Waals surface area contributed by atoms with Gasteiger partial charge in [-0.1, -0.05) is 0 Å². The zero-order valence-corrected chi connectivity index (χ0v) is 8.67. The van der Waals surface area contributed by atoms with Gasteiger partial charge < -0.3 is 5.11 Å². The van der Waals surface area contributed by atoms with Crippen molar-refractivity contribution in [2.24, 2.45) is 0 Å². The van der Waals surface area contributed by atoms with Crippen LogP contribution in [0.2, 0.25) is 0 Å². The van der Waals surface area contributed by atoms with Crippen LogP contribution in [0.5, 0.6) is 0 Å². The number of aliphatic hydroxyl groups is 1. The van der Waals surface area contributed by atoms with Crippen LogP contribution in [0.3, 0.4) is 0 Å². The van der Waals surface area contributed by atoms with Gasteiger partial charge >= 0.3 is 0 Å². The Bertz CT molecular complexity index is 128. The Kier molecular flexibility index (Phi) is 6.09. The van der Waals surface area contributed by atoms with Crippen molar-refractivity contribution in [3.8, 4) is 0 Å². The second-order valence-electron chi connectivity index (χ2n) is 2.31. The Hall–Kier alpha value is 0.330. The molecule has 0 aliphatic rings. The van der Waals surface area contributed by atoms with Crippen molar-refractivity contribution >= 4 is 29.3 Å². The fraction of sp³-hybridized carbons (Fsp3) is 0.857. The molecule has 2 unspecified atom stereocenters. The van der Waals surface area contributed by atoms with Gasteiger partial charge in [-0.2, -0.15) is 11.8 Å². The van der Waals surface area contributed by atoms with Crippen LogP contribution in [0.25, 0.3) is 0 Å². The highest BCUT2D eigenvalue weighted by Gasteiger charge is 2.18. The van der Waals surface area contributed by atoms with Crippen molar-refractivity contribution in [1.82, 2.24) is 0 Å². The number of ketones is 1. The molecule has 0 aromatic carbocycles. The van der Waals surface area contributed by atoms with E-state index < -0.39 is 5.44 Å². The van der Waals surface area contributed by atoms with Crippen molar-refractivity contribution in [1.29, 1.82) is 0 Å². The van der Waals surface area contributed by atoms with Crippen molar-refractivity contribution in [2.75, 3.05) is 12.5 Å². The number of carbonyl (C=O) groups is 1. The summed E-state index contributed by atoms with van der Waals surface area (Å²) in [6.07, 6.45) is 4.21. The molecule has 0 saturated heterocycles. The van der Waals surface area contributed by atoms with E-state index >= 15 is 0 Å². The van der Waals surface area contributed by atoms with Gasteiger partial charge in [-0.25, -0.2) is 0 Å². The van der Waals surface area contributed by atoms with Crippen LogP contribution >= 0.6 is 23.5 Å². The zero-order chi connectivity index (χ0) is 8.85. The predicted molar refractivity (Wildman–Crippen MR) is 52.1 cm³/mol. The molecule has 0 amide bonds. The van der Waals surface area contributed by atoms with Gasteiger partial charge in [0, 0.05) is 11.7 Å². The number of thioether (sulfide) groups is 2. The number of rotatable bonds is 5. The van der Waals surface area contributed by atoms with E-state index in [9.17, 15) is 9.90 Å². The molecule has 2 nitrogen and oxygen atoms in total. The highest BCUT2D eigenvalue weighted by atomic mass is 32.2. The topological polar surface area (TPSA) is 37.3 Å². The van der Waals surface area contributed by atoms with Gasteiger partial charge in [0.1, 0.15) is 11.2 Å². The molecule has 1 N–H and O–H groups in total. The molecule has 66 valence electrons. The number of hydrogen-bond acceptors (Lipinski definition) is 4. The van der Waals surface area contributed by atoms with Gasteiger partial charge in [-0.05, 0) is 19.4 Å². The minimum Gasteiger partial charge on any atom is -0.381 e. The van der Waals surface area contributed by atoms with E-state index in [-0.39, 0.29) is 11.0 Å². The zero-order valence-electron chi connectivity index (χ0n) is 7.03. The molecular formula is C7H14O2S2. The third-order valence-corrected chi connectivity index (χ3v) is 3.36. The van der Waals surface area contributed by atoms with E-state index in [0.29, 0.717) is 6.42 Å². The molecule has 0 bridgehead atoms. The lowest BCUT2D eigenvalue weighted by molar-refractivity contribution is -0.117. The van der Waals surface area contributed by atoms with Crippen molar-refractivity contribution < 1.29 is 9.90 Å². The van der Waals surface area contributed by atoms with Crippen molar-refractivity contribution in [3.05, 3.63) is 0 Å². The second-order valence-corrected chi connectivity index (χ2v) is 4.34. The average molecular weight is 194 g/mol. The Balaban J connectivity index is 3.84. The van der Waals surface area contributed by atoms with Crippen LogP contribution < -0.4 is 0 Å². The minimum atomic E-state index is -0.422. The summed E-state index contributed by atoms with van der Waals surface area (Å²) in [6, 6.07) is 0. The number of hydrogen-bond donors (Lipinski definition) is 1. The van der Waals surface area contributed by atoms with Gasteiger partial charge in [0.05, 0.1) is 0 Å². The number of aliphatic hydroxyl groups excluding tert-OH is 1. The van der Waals surface area contributed by atoms with Crippen LogP contribution in [0.1, 0.15) is 13.3 Å². The first kappa shape index (κ1) is 11.3. The van der Waals surface area contributed by atoms with Gasteiger partial charge in [0.15, 0.2) is 0 Å². The van der Waals surface area contributed by atoms with E-state index in [0.717, 1.165) is 0 Å². The summed E-state index contributed by atoms with van der Waals surface area (Å²) in [6.45, 7) is 1.55. The Morgan fingerprint density at radius 2 is 2.00 bits per heavy atom. The molecule has 0 rings (SSSR count). The molecule has 0 fully saturated rings. The third kappa shape index (κ3) is 4.71. The molecule has 0 heterocycles. The highest BCUT2D eigenvalue weighted by Crippen LogP contribution is 2.21. The van der Waals surface area contributed by atoms with Crippen molar-refractivity contribution in [3.63, 3.8) is 0 Å². The smallest absolute Gasteiger partial charge is 0.131 e. The number of Topliss-reactive ketones (excluding diaryl/α,β-unsaturated/α-hetero) is 1. The Morgan fingerprint density at radius 1 is 1.45 bits per heavy atom. The maximum atomic E-state index is 10.7. The molecule has 0 aromatic heterocycles. The molecule has 0 aliphatic heterocycles. The Labute approximate surface area is 76.1 Å². The summed E-state index contributed by atoms with van der Waals surface area (Å²) in [5.74, 6) is 0.137. The summed E-state index contributed by atoms with van der Waals surface area (Å²) in [5.41, 5.74) is -0.422. The van der Waals surface area contributed by atoms with E-state index in [1.54, 1.807) is 6.92 Å². The lowest BCUT2D eigenvalue weighted by atomic mass is 10.2. The first-order chi connectivity index (χ1) is 5.11. The summed E-state index contributed by atoms with van der Waals surface area (Å²) >= 11 is 2.92. The first-order valence-electron chi connectivity index (χ1n) is 3.35. The molecule has 2 atom stereocenters. The van der Waals surface area contributed by atoms with E-state index in [1.165, 1.54) is 23.5 Å². The standard InChI is InChI=1S/C7H14O2S2/c1-5(8)4-6(10-2)7(9)11-3/h6-7,9H,4H2,1-3H3. The van der Waals surface area contributed by atoms with Gasteiger partial charge in [0.2, 0.25) is 0 Å². The maximum Gasteiger partial charge on any atom is 0.131 e. The molecular weight excluding hydrogens is 180 g/mol. The lowest BCUT2D eigenvalue weighted by Gasteiger charge is -2.17. The van der Waals surface area contributed by atoms with E-state index in [2.05, 4.69) is 0 Å². The fourth-order valence-corrected chi connectivity index (χ4v) is 2.44. The SMILES string of the molecule is CSC(O)C(CC(C)=O)SC. The molecule has 11 heavy (non-hydrogen) atoms. The van der Waals surface area contributed by atoms with Crippen LogP contribution in [0.4, 0.5) is 0 Å². The molecule has 0 aliphatic carbocycles. The quantitative estimate of drug-likeness (QED) is 0.671. The van der Waals surface area contributed by atoms with Crippen molar-refractivity contribution in [2.45, 2.75) is 24.0 Å². The summed E-state index contributed by atoms with van der Waals surface area (Å²) in [5, 5.41) is 9.40.